The van der Waals surface area contributed by atoms with Crippen molar-refractivity contribution in [1.82, 2.24) is 19.0 Å². The van der Waals surface area contributed by atoms with Gasteiger partial charge >= 0.3 is 0 Å². The zero-order valence-electron chi connectivity index (χ0n) is 21.1. The number of benzene rings is 1. The normalized spacial score (nSPS) is 25.8. The second-order valence-electron chi connectivity index (χ2n) is 10.2. The first kappa shape index (κ1) is 25.6. The average molecular weight is 493 g/mol. The molecule has 1 aromatic carbocycles. The van der Waals surface area contributed by atoms with Gasteiger partial charge in [-0.3, -0.25) is 9.69 Å². The Kier molecular flexibility index (Phi) is 7.99. The molecule has 1 aromatic rings. The third kappa shape index (κ3) is 5.49. The summed E-state index contributed by atoms with van der Waals surface area (Å²) in [6.45, 7) is 13.0. The van der Waals surface area contributed by atoms with Gasteiger partial charge in [0, 0.05) is 52.4 Å². The van der Waals surface area contributed by atoms with Crippen molar-refractivity contribution in [3.8, 4) is 0 Å². The highest BCUT2D eigenvalue weighted by molar-refractivity contribution is 7.89. The molecule has 190 valence electrons. The molecule has 0 aliphatic carbocycles. The predicted octanol–water partition coefficient (Wildman–Crippen LogP) is 1.49. The molecule has 5 rings (SSSR count). The van der Waals surface area contributed by atoms with E-state index in [1.54, 1.807) is 7.05 Å². The molecule has 34 heavy (non-hydrogen) atoms. The summed E-state index contributed by atoms with van der Waals surface area (Å²) >= 11 is 0. The molecular weight excluding hydrogens is 452 g/mol. The summed E-state index contributed by atoms with van der Waals surface area (Å²) in [4.78, 5) is 20.0. The highest BCUT2D eigenvalue weighted by atomic mass is 32.2. The van der Waals surface area contributed by atoms with Gasteiger partial charge in [-0.05, 0) is 63.7 Å². The quantitative estimate of drug-likeness (QED) is 0.512. The molecule has 4 fully saturated rings. The van der Waals surface area contributed by atoms with E-state index in [4.69, 9.17) is 4.74 Å². The number of likely N-dealkylation sites (N-methyl/N-ethyl adjacent to an activating group) is 1. The van der Waals surface area contributed by atoms with Crippen LogP contribution >= 0.6 is 0 Å². The van der Waals surface area contributed by atoms with Crippen LogP contribution in [0, 0.1) is 26.7 Å². The zero-order chi connectivity index (χ0) is 24.5. The molecule has 9 heteroatoms. The number of piperidine rings is 3. The maximum atomic E-state index is 13.1. The van der Waals surface area contributed by atoms with Gasteiger partial charge in [0.25, 0.3) is 0 Å². The van der Waals surface area contributed by atoms with Crippen LogP contribution in [-0.2, 0) is 19.6 Å². The van der Waals surface area contributed by atoms with Gasteiger partial charge < -0.3 is 14.5 Å². The number of piperazine rings is 1. The minimum atomic E-state index is -3.61. The number of amides is 1. The third-order valence-corrected chi connectivity index (χ3v) is 9.97. The van der Waals surface area contributed by atoms with Crippen LogP contribution in [0.5, 0.6) is 0 Å². The number of sulfonamides is 1. The van der Waals surface area contributed by atoms with Gasteiger partial charge in [-0.2, -0.15) is 4.31 Å². The number of fused-ring (bicyclic) bond motifs is 3. The van der Waals surface area contributed by atoms with Crippen LogP contribution in [0.4, 0.5) is 0 Å². The first-order valence-electron chi connectivity index (χ1n) is 12.5. The van der Waals surface area contributed by atoms with E-state index in [1.165, 1.54) is 36.8 Å². The molecule has 8 nitrogen and oxygen atoms in total. The lowest BCUT2D eigenvalue weighted by Gasteiger charge is -2.51. The molecule has 4 aliphatic rings. The Morgan fingerprint density at radius 2 is 1.65 bits per heavy atom. The molecule has 4 aliphatic heterocycles. The van der Waals surface area contributed by atoms with Crippen molar-refractivity contribution in [2.24, 2.45) is 5.92 Å². The monoisotopic (exact) mass is 492 g/mol. The molecule has 0 N–H and O–H groups in total. The van der Waals surface area contributed by atoms with Crippen LogP contribution in [0.25, 0.3) is 0 Å². The summed E-state index contributed by atoms with van der Waals surface area (Å²) in [5.74, 6) is 0.806. The summed E-state index contributed by atoms with van der Waals surface area (Å²) < 4.78 is 33.0. The maximum Gasteiger partial charge on any atom is 0.248 e. The Morgan fingerprint density at radius 3 is 2.21 bits per heavy atom. The number of carbonyl (C=O) groups excluding carboxylic acids is 1. The van der Waals surface area contributed by atoms with Gasteiger partial charge in [0.15, 0.2) is 0 Å². The molecule has 0 saturated carbocycles. The number of aryl methyl sites for hydroxylation is 3. The largest absolute Gasteiger partial charge is 0.370 e. The fourth-order valence-corrected chi connectivity index (χ4v) is 7.50. The Labute approximate surface area is 204 Å². The van der Waals surface area contributed by atoms with E-state index in [0.717, 1.165) is 48.8 Å². The topological polar surface area (TPSA) is 73.4 Å². The van der Waals surface area contributed by atoms with Crippen molar-refractivity contribution in [3.05, 3.63) is 28.8 Å². The summed E-state index contributed by atoms with van der Waals surface area (Å²) in [5, 5.41) is 0. The molecule has 0 radical (unpaired) electrons. The first-order valence-corrected chi connectivity index (χ1v) is 14.0. The number of carbonyl (C=O) groups is 1. The molecule has 0 aromatic heterocycles. The molecule has 1 amide bonds. The van der Waals surface area contributed by atoms with Gasteiger partial charge in [-0.25, -0.2) is 8.42 Å². The number of nitrogens with zero attached hydrogens (tertiary/aromatic N) is 4. The molecule has 2 bridgehead atoms. The Hall–Kier alpha value is -1.52. The molecule has 1 atom stereocenters. The van der Waals surface area contributed by atoms with E-state index in [1.807, 2.05) is 37.8 Å². The van der Waals surface area contributed by atoms with Crippen molar-refractivity contribution in [1.29, 1.82) is 0 Å². The molecule has 0 spiro atoms. The Morgan fingerprint density at radius 1 is 1.03 bits per heavy atom. The van der Waals surface area contributed by atoms with Crippen LogP contribution in [0.2, 0.25) is 0 Å². The second kappa shape index (κ2) is 10.6. The van der Waals surface area contributed by atoms with Crippen LogP contribution in [-0.4, -0.2) is 112 Å². The van der Waals surface area contributed by atoms with Gasteiger partial charge in [-0.1, -0.05) is 17.7 Å². The molecule has 1 unspecified atom stereocenters. The average Bonchev–Trinajstić information content (AvgIpc) is 2.81. The number of hydrogen-bond donors (Lipinski definition) is 0. The van der Waals surface area contributed by atoms with E-state index in [-0.39, 0.29) is 25.7 Å². The van der Waals surface area contributed by atoms with Crippen LogP contribution in [0.1, 0.15) is 29.5 Å². The zero-order valence-corrected chi connectivity index (χ0v) is 21.9. The van der Waals surface area contributed by atoms with Gasteiger partial charge in [0.1, 0.15) is 6.61 Å². The van der Waals surface area contributed by atoms with E-state index < -0.39 is 10.0 Å². The van der Waals surface area contributed by atoms with Crippen molar-refractivity contribution in [2.75, 3.05) is 72.6 Å². The van der Waals surface area contributed by atoms with Crippen LogP contribution < -0.4 is 0 Å². The highest BCUT2D eigenvalue weighted by Crippen LogP contribution is 2.31. The minimum Gasteiger partial charge on any atom is -0.370 e. The SMILES string of the molecule is Cc1cc(C)c(S(=O)(=O)N(C)CCOCC(=O)N2CCN(C3CN4CCC3CC4)CC2)c(C)c1. The Bertz CT molecular complexity index is 960. The van der Waals surface area contributed by atoms with Gasteiger partial charge in [0.2, 0.25) is 15.9 Å². The van der Waals surface area contributed by atoms with Crippen LogP contribution in [0.3, 0.4) is 0 Å². The van der Waals surface area contributed by atoms with Crippen molar-refractivity contribution in [2.45, 2.75) is 44.6 Å². The minimum absolute atomic E-state index is 0.00366. The summed E-state index contributed by atoms with van der Waals surface area (Å²) in [6, 6.07) is 4.42. The summed E-state index contributed by atoms with van der Waals surface area (Å²) in [5.41, 5.74) is 2.54. The Balaban J connectivity index is 1.20. The fraction of sp³-hybridized carbons (Fsp3) is 0.720. The van der Waals surface area contributed by atoms with Crippen molar-refractivity contribution < 1.29 is 17.9 Å². The maximum absolute atomic E-state index is 13.1. The lowest BCUT2D eigenvalue weighted by Crippen LogP contribution is -2.61. The first-order chi connectivity index (χ1) is 16.2. The number of hydrogen-bond acceptors (Lipinski definition) is 6. The second-order valence-corrected chi connectivity index (χ2v) is 12.2. The van der Waals surface area contributed by atoms with E-state index in [0.29, 0.717) is 10.9 Å². The smallest absolute Gasteiger partial charge is 0.248 e. The van der Waals surface area contributed by atoms with Crippen molar-refractivity contribution >= 4 is 15.9 Å². The standard InChI is InChI=1S/C25H40N4O4S/c1-19-15-20(2)25(21(3)16-19)34(31,32)26(4)13-14-33-18-24(30)29-11-9-28(10-12-29)23-17-27-7-5-22(23)6-8-27/h15-16,22-23H,5-14,17-18H2,1-4H3. The van der Waals surface area contributed by atoms with E-state index in [2.05, 4.69) is 9.80 Å². The predicted molar refractivity (Wildman–Crippen MR) is 132 cm³/mol. The van der Waals surface area contributed by atoms with E-state index in [9.17, 15) is 13.2 Å². The van der Waals surface area contributed by atoms with Crippen LogP contribution in [0.15, 0.2) is 17.0 Å². The lowest BCUT2D eigenvalue weighted by molar-refractivity contribution is -0.139. The third-order valence-electron chi connectivity index (χ3n) is 7.81. The summed E-state index contributed by atoms with van der Waals surface area (Å²) in [7, 11) is -2.05. The van der Waals surface area contributed by atoms with Gasteiger partial charge in [-0.15, -0.1) is 0 Å². The van der Waals surface area contributed by atoms with Crippen molar-refractivity contribution in [3.63, 3.8) is 0 Å². The molecular formula is C25H40N4O4S. The number of ether oxygens (including phenoxy) is 1. The fourth-order valence-electron chi connectivity index (χ4n) is 5.94. The number of rotatable bonds is 8. The molecule has 4 saturated heterocycles. The highest BCUT2D eigenvalue weighted by Gasteiger charge is 2.38. The summed E-state index contributed by atoms with van der Waals surface area (Å²) in [6.07, 6.45) is 2.62. The van der Waals surface area contributed by atoms with E-state index >= 15 is 0 Å². The molecule has 4 heterocycles. The van der Waals surface area contributed by atoms with Gasteiger partial charge in [0.05, 0.1) is 11.5 Å². The lowest BCUT2D eigenvalue weighted by atomic mass is 9.83.